The molecule has 5 rings (SSSR count). The molecule has 3 atom stereocenters. The predicted molar refractivity (Wildman–Crippen MR) is 182 cm³/mol. The van der Waals surface area contributed by atoms with Gasteiger partial charge in [-0.05, 0) is 26.0 Å². The number of fused-ring (bicyclic) bond motifs is 1. The number of nitrogens with zero attached hydrogens (tertiary/aromatic N) is 5. The van der Waals surface area contributed by atoms with Crippen LogP contribution in [0.1, 0.15) is 36.3 Å². The highest BCUT2D eigenvalue weighted by atomic mass is 35.5. The van der Waals surface area contributed by atoms with Gasteiger partial charge in [-0.2, -0.15) is 0 Å². The van der Waals surface area contributed by atoms with Gasteiger partial charge in [0, 0.05) is 29.7 Å². The minimum Gasteiger partial charge on any atom is -0.504 e. The Morgan fingerprint density at radius 1 is 1.22 bits per heavy atom. The van der Waals surface area contributed by atoms with E-state index >= 15 is 0 Å². The van der Waals surface area contributed by atoms with Gasteiger partial charge in [-0.25, -0.2) is 14.6 Å². The van der Waals surface area contributed by atoms with E-state index in [1.807, 2.05) is 14.1 Å². The van der Waals surface area contributed by atoms with Crippen molar-refractivity contribution in [2.45, 2.75) is 43.3 Å². The van der Waals surface area contributed by atoms with Crippen LogP contribution in [0.3, 0.4) is 0 Å². The lowest BCUT2D eigenvalue weighted by Crippen LogP contribution is -2.71. The summed E-state index contributed by atoms with van der Waals surface area (Å²) >= 11 is 8.40. The number of oxime groups is 1. The van der Waals surface area contributed by atoms with Crippen molar-refractivity contribution in [1.82, 2.24) is 20.1 Å². The lowest BCUT2D eigenvalue weighted by atomic mass is 10.0. The second-order valence-electron chi connectivity index (χ2n) is 13.0. The number of halogens is 1. The average Bonchev–Trinajstić information content (AvgIpc) is 3.72. The number of thioether (sulfide) groups is 1. The van der Waals surface area contributed by atoms with Gasteiger partial charge in [-0.1, -0.05) is 16.8 Å². The Labute approximate surface area is 298 Å². The SMILES string of the molecule is CC(C)(O/N=C(\C(=O)N[C@@H]1C(=O)N2C(C(=O)O)=C(C[N+](C)(C)[C@@H]3CCN(C(=O)c4ccc(O)c(O)c4Cl)C3)CS[C@H]12)c1csc(N)n1)C(=O)O. The first-order valence-electron chi connectivity index (χ1n) is 15.1. The molecule has 4 heterocycles. The molecule has 0 radical (unpaired) electrons. The third kappa shape index (κ3) is 6.90. The van der Waals surface area contributed by atoms with Gasteiger partial charge < -0.3 is 45.7 Å². The molecule has 3 amide bonds. The number of likely N-dealkylation sites (N-methyl/N-ethyl adjacent to an activating group) is 1. The number of nitrogen functional groups attached to an aromatic ring is 1. The number of thiazole rings is 1. The second-order valence-corrected chi connectivity index (χ2v) is 15.3. The third-order valence-corrected chi connectivity index (χ3v) is 11.2. The first kappa shape index (κ1) is 36.7. The number of nitrogens with one attached hydrogen (secondary N) is 1. The van der Waals surface area contributed by atoms with Crippen molar-refractivity contribution in [2.75, 3.05) is 45.2 Å². The molecule has 0 saturated carbocycles. The highest BCUT2D eigenvalue weighted by Crippen LogP contribution is 2.42. The normalized spacial score (nSPS) is 21.1. The summed E-state index contributed by atoms with van der Waals surface area (Å²) < 4.78 is 0.293. The van der Waals surface area contributed by atoms with Crippen LogP contribution in [-0.4, -0.2) is 138 Å². The number of nitrogens with two attached hydrogens (primary N) is 1. The van der Waals surface area contributed by atoms with Crippen LogP contribution in [0.5, 0.6) is 11.5 Å². The van der Waals surface area contributed by atoms with Crippen molar-refractivity contribution in [3.05, 3.63) is 45.1 Å². The zero-order chi connectivity index (χ0) is 36.9. The number of aromatic nitrogens is 1. The Balaban J connectivity index is 1.30. The highest BCUT2D eigenvalue weighted by molar-refractivity contribution is 8.00. The summed E-state index contributed by atoms with van der Waals surface area (Å²) in [6.45, 7) is 3.40. The molecule has 2 fully saturated rings. The topological polar surface area (TPSA) is 245 Å². The van der Waals surface area contributed by atoms with Crippen molar-refractivity contribution >= 4 is 75.2 Å². The molecule has 0 spiro atoms. The maximum atomic E-state index is 13.4. The zero-order valence-corrected chi connectivity index (χ0v) is 29.6. The van der Waals surface area contributed by atoms with E-state index in [9.17, 15) is 44.4 Å². The van der Waals surface area contributed by atoms with Crippen molar-refractivity contribution in [3.8, 4) is 11.5 Å². The Hall–Kier alpha value is -4.59. The number of rotatable bonds is 11. The Morgan fingerprint density at radius 2 is 1.92 bits per heavy atom. The van der Waals surface area contributed by atoms with E-state index in [1.54, 1.807) is 4.90 Å². The lowest BCUT2D eigenvalue weighted by Gasteiger charge is -2.50. The molecule has 7 N–H and O–H groups in total. The minimum absolute atomic E-state index is 0.00369. The molecule has 3 aliphatic heterocycles. The van der Waals surface area contributed by atoms with Crippen LogP contribution in [0, 0.1) is 0 Å². The van der Waals surface area contributed by atoms with E-state index in [4.69, 9.17) is 22.2 Å². The summed E-state index contributed by atoms with van der Waals surface area (Å²) in [6, 6.07) is 1.28. The number of quaternary nitrogens is 1. The first-order chi connectivity index (χ1) is 23.3. The number of carboxylic acid groups (broad SMARTS) is 2. The Kier molecular flexibility index (Phi) is 9.99. The van der Waals surface area contributed by atoms with E-state index in [1.165, 1.54) is 43.1 Å². The smallest absolute Gasteiger partial charge is 0.352 e. The quantitative estimate of drug-likeness (QED) is 0.0620. The molecule has 268 valence electrons. The van der Waals surface area contributed by atoms with Crippen LogP contribution < -0.4 is 11.1 Å². The van der Waals surface area contributed by atoms with Crippen LogP contribution in [0.25, 0.3) is 0 Å². The minimum atomic E-state index is -1.80. The maximum absolute atomic E-state index is 13.4. The van der Waals surface area contributed by atoms with Gasteiger partial charge in [0.1, 0.15) is 35.4 Å². The van der Waals surface area contributed by atoms with Gasteiger partial charge in [0.05, 0.1) is 31.2 Å². The van der Waals surface area contributed by atoms with Crippen LogP contribution in [0.2, 0.25) is 5.02 Å². The summed E-state index contributed by atoms with van der Waals surface area (Å²) in [5.74, 6) is -5.42. The number of benzene rings is 1. The van der Waals surface area contributed by atoms with Gasteiger partial charge in [0.25, 0.3) is 17.7 Å². The number of aromatic hydroxyl groups is 2. The molecular formula is C30H35ClN7O10S2+. The van der Waals surface area contributed by atoms with Crippen molar-refractivity contribution in [2.24, 2.45) is 5.16 Å². The van der Waals surface area contributed by atoms with Crippen molar-refractivity contribution in [1.29, 1.82) is 0 Å². The van der Waals surface area contributed by atoms with Gasteiger partial charge in [0.15, 0.2) is 22.3 Å². The number of carboxylic acids is 2. The fourth-order valence-electron chi connectivity index (χ4n) is 5.82. The number of β-lactam (4-membered cyclic amide) rings is 1. The number of aliphatic carboxylic acids is 2. The Morgan fingerprint density at radius 3 is 2.54 bits per heavy atom. The molecule has 20 heteroatoms. The number of anilines is 1. The second kappa shape index (κ2) is 13.6. The first-order valence-corrected chi connectivity index (χ1v) is 17.4. The van der Waals surface area contributed by atoms with Gasteiger partial charge in [-0.3, -0.25) is 19.3 Å². The lowest BCUT2D eigenvalue weighted by molar-refractivity contribution is -0.908. The van der Waals surface area contributed by atoms with Crippen molar-refractivity contribution < 1.29 is 53.7 Å². The molecule has 0 aliphatic carbocycles. The van der Waals surface area contributed by atoms with Crippen LogP contribution in [0.4, 0.5) is 5.13 Å². The molecule has 1 aromatic carbocycles. The van der Waals surface area contributed by atoms with Crippen LogP contribution >= 0.6 is 34.7 Å². The number of carbonyl (C=O) groups is 5. The predicted octanol–water partition coefficient (Wildman–Crippen LogP) is 1.10. The third-order valence-electron chi connectivity index (χ3n) is 8.76. The zero-order valence-electron chi connectivity index (χ0n) is 27.2. The number of phenols is 2. The summed E-state index contributed by atoms with van der Waals surface area (Å²) in [6.07, 6.45) is 0.588. The standard InChI is InChI=1S/C30H34ClN7O10S2/c1-30(2,28(46)47)48-35-19(16-12-50-29(32)33-16)23(41)34-20-25(43)37-21(27(44)45)13(11-49-26(20)37)10-38(3,4)14-7-8-36(9-14)24(42)15-5-6-17(39)22(40)18(15)31/h5-6,12,14,20,26H,7-11H2,1-4H3,(H6-,32,33,34,35,39,40,41,42,44,45,46,47)/p+1/t14-,20-,26-/m1/s1. The van der Waals surface area contributed by atoms with Crippen molar-refractivity contribution in [3.63, 3.8) is 0 Å². The number of hydrogen-bond donors (Lipinski definition) is 6. The van der Waals surface area contributed by atoms with E-state index in [2.05, 4.69) is 15.5 Å². The van der Waals surface area contributed by atoms with Gasteiger partial charge in [-0.15, -0.1) is 23.1 Å². The van der Waals surface area contributed by atoms with Crippen LogP contribution in [-0.2, 0) is 24.0 Å². The largest absolute Gasteiger partial charge is 0.504 e. The number of phenolic OH excluding ortho intramolecular Hbond substituents is 2. The summed E-state index contributed by atoms with van der Waals surface area (Å²) in [5.41, 5.74) is 3.87. The average molecular weight is 753 g/mol. The molecule has 2 aromatic rings. The summed E-state index contributed by atoms with van der Waals surface area (Å²) in [5, 5.41) is 46.1. The Bertz CT molecular complexity index is 1850. The molecule has 0 bridgehead atoms. The van der Waals surface area contributed by atoms with E-state index < -0.39 is 63.9 Å². The number of carbonyl (C=O) groups excluding carboxylic acids is 3. The molecule has 17 nitrogen and oxygen atoms in total. The maximum Gasteiger partial charge on any atom is 0.352 e. The number of likely N-dealkylation sites (tertiary alicyclic amines) is 1. The fraction of sp³-hybridized carbons (Fsp3) is 0.433. The molecule has 2 saturated heterocycles. The molecule has 0 unspecified atom stereocenters. The summed E-state index contributed by atoms with van der Waals surface area (Å²) in [7, 11) is 3.81. The van der Waals surface area contributed by atoms with Gasteiger partial charge >= 0.3 is 11.9 Å². The van der Waals surface area contributed by atoms with E-state index in [0.29, 0.717) is 29.6 Å². The summed E-state index contributed by atoms with van der Waals surface area (Å²) in [4.78, 5) is 76.0. The van der Waals surface area contributed by atoms with Gasteiger partial charge in [0.2, 0.25) is 5.60 Å². The number of amides is 3. The highest BCUT2D eigenvalue weighted by Gasteiger charge is 2.55. The van der Waals surface area contributed by atoms with E-state index in [0.717, 1.165) is 16.2 Å². The molecular weight excluding hydrogens is 718 g/mol. The van der Waals surface area contributed by atoms with E-state index in [-0.39, 0.29) is 45.4 Å². The fourth-order valence-corrected chi connectivity index (χ4v) is 7.95. The molecule has 1 aromatic heterocycles. The monoisotopic (exact) mass is 752 g/mol. The van der Waals surface area contributed by atoms with Crippen LogP contribution in [0.15, 0.2) is 33.9 Å². The molecule has 50 heavy (non-hydrogen) atoms. The number of hydrogen-bond acceptors (Lipinski definition) is 13. The molecule has 3 aliphatic rings.